The molecule has 5 rings (SSSR count). The monoisotopic (exact) mass is 473 g/mol. The van der Waals surface area contributed by atoms with Crippen molar-refractivity contribution in [2.45, 2.75) is 44.3 Å². The molecule has 1 aromatic carbocycles. The Labute approximate surface area is 194 Å². The summed E-state index contributed by atoms with van der Waals surface area (Å²) in [5.74, 6) is -0.562. The number of carbonyl (C=O) groups is 1. The summed E-state index contributed by atoms with van der Waals surface area (Å²) in [6, 6.07) is 6.00. The highest BCUT2D eigenvalue weighted by Gasteiger charge is 2.36. The summed E-state index contributed by atoms with van der Waals surface area (Å²) in [4.78, 5) is 18.7. The second-order valence-electron chi connectivity index (χ2n) is 9.07. The molecule has 1 saturated heterocycles. The van der Waals surface area contributed by atoms with Crippen LogP contribution in [0.4, 0.5) is 24.5 Å². The first-order chi connectivity index (χ1) is 16.3. The quantitative estimate of drug-likeness (QED) is 0.564. The van der Waals surface area contributed by atoms with Crippen LogP contribution in [0.3, 0.4) is 0 Å². The Morgan fingerprint density at radius 1 is 1.18 bits per heavy atom. The Kier molecular flexibility index (Phi) is 5.93. The first kappa shape index (κ1) is 22.6. The van der Waals surface area contributed by atoms with Crippen molar-refractivity contribution in [3.05, 3.63) is 47.9 Å². The van der Waals surface area contributed by atoms with Crippen molar-refractivity contribution < 1.29 is 23.1 Å². The van der Waals surface area contributed by atoms with E-state index in [1.807, 2.05) is 10.7 Å². The number of amides is 1. The standard InChI is InChI=1S/C24H26F3N5O2/c25-24(26,27)18-3-1-8-28-22(18)23(34)30-19-11-16-13-29-32(17-6-4-15(14-33)5-7-17)20(16)12-21(19)31-9-2-10-31/h1,3,8,11-13,15,17,33H,2,4-7,9-10,14H2,(H,30,34). The molecule has 34 heavy (non-hydrogen) atoms. The molecule has 0 spiro atoms. The summed E-state index contributed by atoms with van der Waals surface area (Å²) in [6.45, 7) is 1.82. The van der Waals surface area contributed by atoms with E-state index in [9.17, 15) is 23.1 Å². The van der Waals surface area contributed by atoms with Crippen molar-refractivity contribution >= 4 is 28.2 Å². The largest absolute Gasteiger partial charge is 0.418 e. The molecule has 0 radical (unpaired) electrons. The lowest BCUT2D eigenvalue weighted by atomic mass is 9.86. The predicted octanol–water partition coefficient (Wildman–Crippen LogP) is 4.64. The average Bonchev–Trinajstić information content (AvgIpc) is 3.20. The van der Waals surface area contributed by atoms with Gasteiger partial charge in [-0.05, 0) is 62.3 Å². The number of anilines is 2. The zero-order valence-corrected chi connectivity index (χ0v) is 18.6. The average molecular weight is 473 g/mol. The predicted molar refractivity (Wildman–Crippen MR) is 122 cm³/mol. The van der Waals surface area contributed by atoms with Gasteiger partial charge in [0, 0.05) is 31.3 Å². The minimum atomic E-state index is -4.68. The van der Waals surface area contributed by atoms with E-state index >= 15 is 0 Å². The Balaban J connectivity index is 1.48. The van der Waals surface area contributed by atoms with Gasteiger partial charge in [-0.15, -0.1) is 0 Å². The summed E-state index contributed by atoms with van der Waals surface area (Å²) in [7, 11) is 0. The zero-order chi connectivity index (χ0) is 23.9. The molecule has 10 heteroatoms. The van der Waals surface area contributed by atoms with Crippen LogP contribution in [-0.2, 0) is 6.18 Å². The first-order valence-electron chi connectivity index (χ1n) is 11.6. The van der Waals surface area contributed by atoms with E-state index in [2.05, 4.69) is 20.3 Å². The maximum absolute atomic E-state index is 13.4. The maximum Gasteiger partial charge on any atom is 0.418 e. The van der Waals surface area contributed by atoms with Crippen molar-refractivity contribution in [3.63, 3.8) is 0 Å². The number of hydrogen-bond acceptors (Lipinski definition) is 5. The number of aliphatic hydroxyl groups is 1. The fraction of sp³-hybridized carbons (Fsp3) is 0.458. The van der Waals surface area contributed by atoms with E-state index in [1.165, 1.54) is 12.3 Å². The van der Waals surface area contributed by atoms with Gasteiger partial charge in [0.05, 0.1) is 34.7 Å². The molecule has 0 unspecified atom stereocenters. The molecule has 2 N–H and O–H groups in total. The number of alkyl halides is 3. The van der Waals surface area contributed by atoms with Crippen LogP contribution in [0.5, 0.6) is 0 Å². The van der Waals surface area contributed by atoms with E-state index in [4.69, 9.17) is 0 Å². The number of nitrogens with zero attached hydrogens (tertiary/aromatic N) is 4. The fourth-order valence-corrected chi connectivity index (χ4v) is 4.86. The van der Waals surface area contributed by atoms with Gasteiger partial charge in [-0.2, -0.15) is 18.3 Å². The number of aromatic nitrogens is 3. The van der Waals surface area contributed by atoms with Gasteiger partial charge in [0.1, 0.15) is 5.69 Å². The van der Waals surface area contributed by atoms with Crippen molar-refractivity contribution in [1.29, 1.82) is 0 Å². The van der Waals surface area contributed by atoms with Crippen LogP contribution < -0.4 is 10.2 Å². The van der Waals surface area contributed by atoms with Crippen molar-refractivity contribution in [1.82, 2.24) is 14.8 Å². The molecule has 2 aliphatic rings. The maximum atomic E-state index is 13.4. The van der Waals surface area contributed by atoms with Crippen LogP contribution in [0.15, 0.2) is 36.7 Å². The van der Waals surface area contributed by atoms with Crippen LogP contribution >= 0.6 is 0 Å². The van der Waals surface area contributed by atoms with Gasteiger partial charge >= 0.3 is 6.18 Å². The first-order valence-corrected chi connectivity index (χ1v) is 11.6. The highest BCUT2D eigenvalue weighted by molar-refractivity contribution is 6.07. The molecule has 1 saturated carbocycles. The van der Waals surface area contributed by atoms with Crippen molar-refractivity contribution in [2.24, 2.45) is 5.92 Å². The van der Waals surface area contributed by atoms with Crippen LogP contribution in [0.2, 0.25) is 0 Å². The second-order valence-corrected chi connectivity index (χ2v) is 9.07. The number of pyridine rings is 1. The molecule has 1 amide bonds. The van der Waals surface area contributed by atoms with Crippen molar-refractivity contribution in [2.75, 3.05) is 29.9 Å². The molecule has 1 aliphatic heterocycles. The van der Waals surface area contributed by atoms with E-state index in [-0.39, 0.29) is 12.6 Å². The Hall–Kier alpha value is -3.14. The second kappa shape index (κ2) is 8.90. The molecule has 1 aliphatic carbocycles. The van der Waals surface area contributed by atoms with E-state index in [1.54, 1.807) is 12.3 Å². The van der Waals surface area contributed by atoms with Crippen LogP contribution in [-0.4, -0.2) is 45.5 Å². The zero-order valence-electron chi connectivity index (χ0n) is 18.6. The molecule has 3 heterocycles. The summed E-state index contributed by atoms with van der Waals surface area (Å²) in [6.07, 6.45) is 2.99. The van der Waals surface area contributed by atoms with E-state index in [0.717, 1.165) is 67.9 Å². The normalized spacial score (nSPS) is 20.9. The Bertz CT molecular complexity index is 1200. The molecule has 180 valence electrons. The summed E-state index contributed by atoms with van der Waals surface area (Å²) in [5.41, 5.74) is 0.425. The third-order valence-corrected chi connectivity index (χ3v) is 6.91. The number of benzene rings is 1. The molecular weight excluding hydrogens is 447 g/mol. The molecular formula is C24H26F3N5O2. The number of nitrogens with one attached hydrogen (secondary N) is 1. The highest BCUT2D eigenvalue weighted by Crippen LogP contribution is 2.38. The number of rotatable bonds is 5. The minimum Gasteiger partial charge on any atom is -0.396 e. The van der Waals surface area contributed by atoms with Crippen LogP contribution in [0, 0.1) is 5.92 Å². The van der Waals surface area contributed by atoms with Crippen LogP contribution in [0.25, 0.3) is 10.9 Å². The number of hydrogen-bond donors (Lipinski definition) is 2. The fourth-order valence-electron chi connectivity index (χ4n) is 4.86. The molecule has 2 fully saturated rings. The van der Waals surface area contributed by atoms with Gasteiger partial charge in [0.25, 0.3) is 5.91 Å². The molecule has 3 aromatic rings. The third-order valence-electron chi connectivity index (χ3n) is 6.91. The van der Waals surface area contributed by atoms with Crippen LogP contribution in [0.1, 0.15) is 54.2 Å². The van der Waals surface area contributed by atoms with Gasteiger partial charge in [0.2, 0.25) is 0 Å². The SMILES string of the molecule is O=C(Nc1cc2cnn(C3CCC(CO)CC3)c2cc1N1CCC1)c1ncccc1C(F)(F)F. The topological polar surface area (TPSA) is 83.3 Å². The summed E-state index contributed by atoms with van der Waals surface area (Å²) < 4.78 is 42.2. The van der Waals surface area contributed by atoms with Gasteiger partial charge in [-0.3, -0.25) is 14.5 Å². The number of halogens is 3. The van der Waals surface area contributed by atoms with Gasteiger partial charge in [-0.25, -0.2) is 0 Å². The number of fused-ring (bicyclic) bond motifs is 1. The van der Waals surface area contributed by atoms with Crippen molar-refractivity contribution in [3.8, 4) is 0 Å². The lowest BCUT2D eigenvalue weighted by molar-refractivity contribution is -0.138. The van der Waals surface area contributed by atoms with E-state index in [0.29, 0.717) is 11.6 Å². The summed E-state index contributed by atoms with van der Waals surface area (Å²) in [5, 5.41) is 17.5. The number of aliphatic hydroxyl groups excluding tert-OH is 1. The lowest BCUT2D eigenvalue weighted by Crippen LogP contribution is -2.37. The Morgan fingerprint density at radius 2 is 1.94 bits per heavy atom. The highest BCUT2D eigenvalue weighted by atomic mass is 19.4. The van der Waals surface area contributed by atoms with Gasteiger partial charge in [-0.1, -0.05) is 0 Å². The molecule has 2 aromatic heterocycles. The Morgan fingerprint density at radius 3 is 2.59 bits per heavy atom. The smallest absolute Gasteiger partial charge is 0.396 e. The number of carbonyl (C=O) groups excluding carboxylic acids is 1. The molecule has 0 atom stereocenters. The lowest BCUT2D eigenvalue weighted by Gasteiger charge is -2.35. The third kappa shape index (κ3) is 4.22. The van der Waals surface area contributed by atoms with Gasteiger partial charge < -0.3 is 15.3 Å². The minimum absolute atomic E-state index is 0.209. The van der Waals surface area contributed by atoms with E-state index < -0.39 is 23.3 Å². The van der Waals surface area contributed by atoms with Gasteiger partial charge in [0.15, 0.2) is 0 Å². The summed E-state index contributed by atoms with van der Waals surface area (Å²) >= 11 is 0. The molecule has 0 bridgehead atoms. The molecule has 7 nitrogen and oxygen atoms in total.